The van der Waals surface area contributed by atoms with Crippen molar-refractivity contribution in [3.8, 4) is 11.8 Å². The Balaban J connectivity index is 1.91. The van der Waals surface area contributed by atoms with Crippen molar-refractivity contribution in [2.75, 3.05) is 6.61 Å². The smallest absolute Gasteiger partial charge is 0.387 e. The van der Waals surface area contributed by atoms with Crippen LogP contribution in [0.2, 0.25) is 0 Å². The van der Waals surface area contributed by atoms with Gasteiger partial charge in [0, 0.05) is 16.1 Å². The van der Waals surface area contributed by atoms with E-state index in [0.29, 0.717) is 17.3 Å². The van der Waals surface area contributed by atoms with Gasteiger partial charge in [-0.2, -0.15) is 14.0 Å². The van der Waals surface area contributed by atoms with Crippen LogP contribution in [-0.4, -0.2) is 30.6 Å². The van der Waals surface area contributed by atoms with E-state index in [1.165, 1.54) is 24.3 Å². The van der Waals surface area contributed by atoms with Gasteiger partial charge in [0.2, 0.25) is 0 Å². The summed E-state index contributed by atoms with van der Waals surface area (Å²) in [6.07, 6.45) is 5.09. The number of halogens is 3. The van der Waals surface area contributed by atoms with Crippen molar-refractivity contribution in [1.82, 2.24) is 5.32 Å². The van der Waals surface area contributed by atoms with Gasteiger partial charge in [0.05, 0.1) is 6.07 Å². The Hall–Kier alpha value is -2.47. The molecule has 0 unspecified atom stereocenters. The van der Waals surface area contributed by atoms with Crippen LogP contribution in [0.25, 0.3) is 6.08 Å². The van der Waals surface area contributed by atoms with Crippen molar-refractivity contribution >= 4 is 33.9 Å². The molecule has 0 atom stereocenters. The summed E-state index contributed by atoms with van der Waals surface area (Å²) in [5.41, 5.74) is -0.655. The summed E-state index contributed by atoms with van der Waals surface area (Å²) in [6.45, 7) is -3.54. The first-order chi connectivity index (χ1) is 12.8. The van der Waals surface area contributed by atoms with Crippen molar-refractivity contribution in [3.05, 3.63) is 34.3 Å². The maximum Gasteiger partial charge on any atom is 0.387 e. The quantitative estimate of drug-likeness (QED) is 0.515. The zero-order chi connectivity index (χ0) is 19.9. The lowest BCUT2D eigenvalue weighted by Crippen LogP contribution is -2.46. The molecule has 1 fully saturated rings. The molecule has 2 rings (SSSR count). The second kappa shape index (κ2) is 9.46. The highest BCUT2D eigenvalue weighted by molar-refractivity contribution is 9.10. The standard InChI is InChI=1S/C18H17BrF2N2O4/c19-13-4-5-14(27-17(20)21)12(9-13)3-6-16(25)26-10-15(24)23-18(11-22)7-1-2-8-18/h3-6,9,17H,1-2,7-8,10H2,(H,23,24)/b6-3+. The first-order valence-electron chi connectivity index (χ1n) is 8.15. The summed E-state index contributed by atoms with van der Waals surface area (Å²) in [6, 6.07) is 6.45. The van der Waals surface area contributed by atoms with Crippen LogP contribution in [0.5, 0.6) is 5.75 Å². The Kier molecular flexibility index (Phi) is 7.30. The fraction of sp³-hybridized carbons (Fsp3) is 0.389. The molecular weight excluding hydrogens is 426 g/mol. The Morgan fingerprint density at radius 1 is 1.37 bits per heavy atom. The second-order valence-electron chi connectivity index (χ2n) is 5.95. The minimum Gasteiger partial charge on any atom is -0.452 e. The Morgan fingerprint density at radius 2 is 2.07 bits per heavy atom. The molecule has 144 valence electrons. The highest BCUT2D eigenvalue weighted by atomic mass is 79.9. The molecule has 1 N–H and O–H groups in total. The van der Waals surface area contributed by atoms with Gasteiger partial charge < -0.3 is 14.8 Å². The van der Waals surface area contributed by atoms with Crippen molar-refractivity contribution in [3.63, 3.8) is 0 Å². The molecule has 1 saturated carbocycles. The fourth-order valence-electron chi connectivity index (χ4n) is 2.74. The van der Waals surface area contributed by atoms with Crippen molar-refractivity contribution in [2.45, 2.75) is 37.8 Å². The number of carbonyl (C=O) groups excluding carboxylic acids is 2. The molecule has 0 aliphatic heterocycles. The fourth-order valence-corrected chi connectivity index (χ4v) is 3.12. The molecule has 6 nitrogen and oxygen atoms in total. The highest BCUT2D eigenvalue weighted by Gasteiger charge is 2.35. The number of hydrogen-bond donors (Lipinski definition) is 1. The van der Waals surface area contributed by atoms with Crippen LogP contribution in [0, 0.1) is 11.3 Å². The second-order valence-corrected chi connectivity index (χ2v) is 6.87. The lowest BCUT2D eigenvalue weighted by molar-refractivity contribution is -0.144. The van der Waals surface area contributed by atoms with E-state index in [9.17, 15) is 23.6 Å². The molecule has 1 aliphatic rings. The van der Waals surface area contributed by atoms with E-state index < -0.39 is 30.6 Å². The van der Waals surface area contributed by atoms with Gasteiger partial charge in [-0.25, -0.2) is 4.79 Å². The van der Waals surface area contributed by atoms with Crippen LogP contribution < -0.4 is 10.1 Å². The van der Waals surface area contributed by atoms with Crippen LogP contribution in [0.1, 0.15) is 31.2 Å². The normalized spacial score (nSPS) is 15.5. The number of nitriles is 1. The van der Waals surface area contributed by atoms with E-state index in [1.807, 2.05) is 0 Å². The maximum atomic E-state index is 12.4. The Labute approximate surface area is 163 Å². The van der Waals surface area contributed by atoms with Crippen LogP contribution >= 0.6 is 15.9 Å². The largest absolute Gasteiger partial charge is 0.452 e. The number of rotatable bonds is 7. The molecule has 0 bridgehead atoms. The van der Waals surface area contributed by atoms with Gasteiger partial charge in [0.25, 0.3) is 5.91 Å². The zero-order valence-corrected chi connectivity index (χ0v) is 15.8. The summed E-state index contributed by atoms with van der Waals surface area (Å²) in [5.74, 6) is -1.50. The predicted molar refractivity (Wildman–Crippen MR) is 95.7 cm³/mol. The summed E-state index contributed by atoms with van der Waals surface area (Å²) in [4.78, 5) is 23.7. The van der Waals surface area contributed by atoms with Crippen LogP contribution in [0.4, 0.5) is 8.78 Å². The summed E-state index contributed by atoms with van der Waals surface area (Å²) < 4.78 is 34.7. The van der Waals surface area contributed by atoms with Gasteiger partial charge in [-0.1, -0.05) is 15.9 Å². The molecule has 0 heterocycles. The third kappa shape index (κ3) is 6.32. The van der Waals surface area contributed by atoms with Gasteiger partial charge in [-0.15, -0.1) is 0 Å². The number of nitrogens with one attached hydrogen (secondary N) is 1. The summed E-state index contributed by atoms with van der Waals surface area (Å²) >= 11 is 3.20. The molecule has 27 heavy (non-hydrogen) atoms. The number of ether oxygens (including phenoxy) is 2. The van der Waals surface area contributed by atoms with E-state index in [2.05, 4.69) is 32.1 Å². The minimum absolute atomic E-state index is 0.104. The molecule has 1 aromatic carbocycles. The molecule has 0 spiro atoms. The monoisotopic (exact) mass is 442 g/mol. The molecule has 0 saturated heterocycles. The number of hydrogen-bond acceptors (Lipinski definition) is 5. The molecule has 1 amide bonds. The number of amides is 1. The molecule has 1 aromatic rings. The average molecular weight is 443 g/mol. The number of nitrogens with zero attached hydrogens (tertiary/aromatic N) is 1. The van der Waals surface area contributed by atoms with Crippen LogP contribution in [0.3, 0.4) is 0 Å². The van der Waals surface area contributed by atoms with Gasteiger partial charge >= 0.3 is 12.6 Å². The number of benzene rings is 1. The maximum absolute atomic E-state index is 12.4. The zero-order valence-electron chi connectivity index (χ0n) is 14.2. The van der Waals surface area contributed by atoms with Crippen molar-refractivity contribution < 1.29 is 27.8 Å². The summed E-state index contributed by atoms with van der Waals surface area (Å²) in [5, 5.41) is 11.8. The lowest BCUT2D eigenvalue weighted by Gasteiger charge is -2.21. The lowest BCUT2D eigenvalue weighted by atomic mass is 10.00. The van der Waals surface area contributed by atoms with E-state index in [0.717, 1.165) is 18.9 Å². The molecule has 0 aromatic heterocycles. The SMILES string of the molecule is N#CC1(NC(=O)COC(=O)/C=C/c2cc(Br)ccc2OC(F)F)CCCC1. The van der Waals surface area contributed by atoms with Crippen LogP contribution in [-0.2, 0) is 14.3 Å². The van der Waals surface area contributed by atoms with Gasteiger partial charge in [-0.05, 0) is 50.0 Å². The topological polar surface area (TPSA) is 88.4 Å². The van der Waals surface area contributed by atoms with E-state index in [4.69, 9.17) is 4.74 Å². The number of alkyl halides is 2. The third-order valence-electron chi connectivity index (χ3n) is 3.98. The summed E-state index contributed by atoms with van der Waals surface area (Å²) in [7, 11) is 0. The number of carbonyl (C=O) groups is 2. The van der Waals surface area contributed by atoms with Gasteiger partial charge in [0.15, 0.2) is 6.61 Å². The van der Waals surface area contributed by atoms with Crippen LogP contribution in [0.15, 0.2) is 28.7 Å². The van der Waals surface area contributed by atoms with E-state index >= 15 is 0 Å². The average Bonchev–Trinajstić information content (AvgIpc) is 3.08. The molecule has 0 radical (unpaired) electrons. The van der Waals surface area contributed by atoms with Gasteiger partial charge in [-0.3, -0.25) is 4.79 Å². The van der Waals surface area contributed by atoms with Gasteiger partial charge in [0.1, 0.15) is 11.3 Å². The Morgan fingerprint density at radius 3 is 2.70 bits per heavy atom. The van der Waals surface area contributed by atoms with E-state index in [1.54, 1.807) is 0 Å². The number of esters is 1. The Bertz CT molecular complexity index is 771. The predicted octanol–water partition coefficient (Wildman–Crippen LogP) is 3.56. The molecule has 9 heteroatoms. The minimum atomic E-state index is -3.00. The van der Waals surface area contributed by atoms with E-state index in [-0.39, 0.29) is 11.3 Å². The molecular formula is C18H17BrF2N2O4. The first kappa shape index (κ1) is 20.8. The third-order valence-corrected chi connectivity index (χ3v) is 4.48. The molecule has 1 aliphatic carbocycles. The first-order valence-corrected chi connectivity index (χ1v) is 8.94. The van der Waals surface area contributed by atoms with Crippen molar-refractivity contribution in [1.29, 1.82) is 5.26 Å². The highest BCUT2D eigenvalue weighted by Crippen LogP contribution is 2.29. The van der Waals surface area contributed by atoms with Crippen molar-refractivity contribution in [2.24, 2.45) is 0 Å².